The molecule has 0 atom stereocenters. The molecule has 110 valence electrons. The van der Waals surface area contributed by atoms with E-state index in [-0.39, 0.29) is 5.91 Å². The number of carbonyl (C=O) groups excluding carboxylic acids is 1. The summed E-state index contributed by atoms with van der Waals surface area (Å²) in [5.74, 6) is 0.484. The predicted molar refractivity (Wildman–Crippen MR) is 84.9 cm³/mol. The number of hydrogen-bond acceptors (Lipinski definition) is 3. The number of anilines is 1. The van der Waals surface area contributed by atoms with Crippen molar-refractivity contribution in [3.8, 4) is 5.75 Å². The Labute approximate surface area is 124 Å². The summed E-state index contributed by atoms with van der Waals surface area (Å²) in [7, 11) is 0. The Hall–Kier alpha value is -2.33. The summed E-state index contributed by atoms with van der Waals surface area (Å²) in [5.41, 5.74) is 8.84. The molecule has 0 aromatic heterocycles. The Morgan fingerprint density at radius 1 is 1.19 bits per heavy atom. The van der Waals surface area contributed by atoms with Crippen LogP contribution in [0.4, 0.5) is 5.69 Å². The van der Waals surface area contributed by atoms with Crippen LogP contribution in [0, 0.1) is 13.8 Å². The first-order valence-corrected chi connectivity index (χ1v) is 6.92. The lowest BCUT2D eigenvalue weighted by atomic mass is 10.1. The summed E-state index contributed by atoms with van der Waals surface area (Å²) in [5, 5.41) is 2.89. The van der Waals surface area contributed by atoms with Crippen molar-refractivity contribution in [1.82, 2.24) is 0 Å². The van der Waals surface area contributed by atoms with Crippen molar-refractivity contribution in [3.63, 3.8) is 0 Å². The third-order valence-corrected chi connectivity index (χ3v) is 3.14. The highest BCUT2D eigenvalue weighted by atomic mass is 16.5. The van der Waals surface area contributed by atoms with E-state index in [0.29, 0.717) is 30.2 Å². The molecular weight excluding hydrogens is 264 g/mol. The number of amides is 1. The first kappa shape index (κ1) is 15.1. The predicted octanol–water partition coefficient (Wildman–Crippen LogP) is 2.89. The Morgan fingerprint density at radius 3 is 2.67 bits per heavy atom. The molecule has 4 heteroatoms. The van der Waals surface area contributed by atoms with Crippen LogP contribution >= 0.6 is 0 Å². The second kappa shape index (κ2) is 6.90. The molecule has 0 radical (unpaired) electrons. The van der Waals surface area contributed by atoms with Crippen molar-refractivity contribution in [3.05, 3.63) is 59.2 Å². The topological polar surface area (TPSA) is 64.3 Å². The number of hydrogen-bond donors (Lipinski definition) is 2. The number of para-hydroxylation sites is 2. The lowest BCUT2D eigenvalue weighted by Crippen LogP contribution is -2.16. The van der Waals surface area contributed by atoms with Crippen LogP contribution in [0.3, 0.4) is 0 Å². The first-order valence-electron chi connectivity index (χ1n) is 6.92. The van der Waals surface area contributed by atoms with Gasteiger partial charge in [-0.3, -0.25) is 4.79 Å². The van der Waals surface area contributed by atoms with E-state index in [0.717, 1.165) is 11.1 Å². The van der Waals surface area contributed by atoms with Crippen LogP contribution in [-0.4, -0.2) is 19.1 Å². The molecule has 0 saturated carbocycles. The van der Waals surface area contributed by atoms with Gasteiger partial charge in [0.05, 0.1) is 5.69 Å². The Bertz CT molecular complexity index is 638. The summed E-state index contributed by atoms with van der Waals surface area (Å²) in [4.78, 5) is 12.4. The van der Waals surface area contributed by atoms with Crippen LogP contribution in [0.1, 0.15) is 21.5 Å². The molecule has 21 heavy (non-hydrogen) atoms. The molecule has 0 fully saturated rings. The molecule has 0 aliphatic heterocycles. The second-order valence-electron chi connectivity index (χ2n) is 4.91. The van der Waals surface area contributed by atoms with Gasteiger partial charge in [0.2, 0.25) is 0 Å². The Morgan fingerprint density at radius 2 is 1.95 bits per heavy atom. The first-order chi connectivity index (χ1) is 10.1. The highest BCUT2D eigenvalue weighted by Gasteiger charge is 2.11. The van der Waals surface area contributed by atoms with Crippen LogP contribution < -0.4 is 15.8 Å². The van der Waals surface area contributed by atoms with E-state index in [1.54, 1.807) is 0 Å². The van der Waals surface area contributed by atoms with E-state index in [2.05, 4.69) is 5.32 Å². The molecule has 1 amide bonds. The third kappa shape index (κ3) is 3.83. The van der Waals surface area contributed by atoms with E-state index < -0.39 is 0 Å². The largest absolute Gasteiger partial charge is 0.490 e. The molecule has 2 aromatic carbocycles. The van der Waals surface area contributed by atoms with E-state index in [4.69, 9.17) is 10.5 Å². The van der Waals surface area contributed by atoms with E-state index in [1.807, 2.05) is 56.3 Å². The minimum Gasteiger partial charge on any atom is -0.490 e. The van der Waals surface area contributed by atoms with Gasteiger partial charge in [-0.1, -0.05) is 29.8 Å². The zero-order valence-electron chi connectivity index (χ0n) is 12.3. The summed E-state index contributed by atoms with van der Waals surface area (Å²) < 4.78 is 5.53. The zero-order valence-corrected chi connectivity index (χ0v) is 12.3. The average Bonchev–Trinajstić information content (AvgIpc) is 2.46. The molecule has 3 N–H and O–H groups in total. The maximum absolute atomic E-state index is 12.4. The van der Waals surface area contributed by atoms with Crippen molar-refractivity contribution in [2.45, 2.75) is 13.8 Å². The quantitative estimate of drug-likeness (QED) is 0.887. The molecule has 4 nitrogen and oxygen atoms in total. The van der Waals surface area contributed by atoms with E-state index in [9.17, 15) is 4.79 Å². The van der Waals surface area contributed by atoms with Crippen LogP contribution in [0.15, 0.2) is 42.5 Å². The van der Waals surface area contributed by atoms with Gasteiger partial charge >= 0.3 is 0 Å². The lowest BCUT2D eigenvalue weighted by Gasteiger charge is -2.13. The van der Waals surface area contributed by atoms with Crippen LogP contribution in [0.25, 0.3) is 0 Å². The summed E-state index contributed by atoms with van der Waals surface area (Å²) >= 11 is 0. The Kier molecular flexibility index (Phi) is 4.95. The van der Waals surface area contributed by atoms with Crippen molar-refractivity contribution in [2.24, 2.45) is 5.73 Å². The smallest absolute Gasteiger partial charge is 0.256 e. The fraction of sp³-hybridized carbons (Fsp3) is 0.235. The average molecular weight is 284 g/mol. The highest BCUT2D eigenvalue weighted by molar-refractivity contribution is 6.06. The van der Waals surface area contributed by atoms with Crippen molar-refractivity contribution >= 4 is 11.6 Å². The molecule has 2 rings (SSSR count). The minimum absolute atomic E-state index is 0.142. The molecule has 2 aromatic rings. The maximum Gasteiger partial charge on any atom is 0.256 e. The van der Waals surface area contributed by atoms with E-state index >= 15 is 0 Å². The molecular formula is C17H20N2O2. The standard InChI is InChI=1S/C17H20N2O2/c1-12-7-8-14(13(2)11-12)17(20)19-15-5-3-4-6-16(15)21-10-9-18/h3-8,11H,9-10,18H2,1-2H3,(H,19,20). The van der Waals surface area contributed by atoms with Gasteiger partial charge in [-0.2, -0.15) is 0 Å². The molecule has 0 unspecified atom stereocenters. The van der Waals surface area contributed by atoms with Gasteiger partial charge in [-0.25, -0.2) is 0 Å². The summed E-state index contributed by atoms with van der Waals surface area (Å²) in [6.07, 6.45) is 0. The number of carbonyl (C=O) groups is 1. The summed E-state index contributed by atoms with van der Waals surface area (Å²) in [6, 6.07) is 13.1. The van der Waals surface area contributed by atoms with Gasteiger partial charge < -0.3 is 15.8 Å². The highest BCUT2D eigenvalue weighted by Crippen LogP contribution is 2.24. The fourth-order valence-electron chi connectivity index (χ4n) is 2.12. The number of nitrogens with two attached hydrogens (primary N) is 1. The molecule has 0 aliphatic rings. The molecule has 0 heterocycles. The number of rotatable bonds is 5. The molecule has 0 aliphatic carbocycles. The van der Waals surface area contributed by atoms with Gasteiger partial charge in [-0.05, 0) is 37.6 Å². The number of benzene rings is 2. The summed E-state index contributed by atoms with van der Waals surface area (Å²) in [6.45, 7) is 4.78. The lowest BCUT2D eigenvalue weighted by molar-refractivity contribution is 0.102. The van der Waals surface area contributed by atoms with Crippen LogP contribution in [-0.2, 0) is 0 Å². The van der Waals surface area contributed by atoms with Gasteiger partial charge in [0.15, 0.2) is 0 Å². The number of nitrogens with one attached hydrogen (secondary N) is 1. The van der Waals surface area contributed by atoms with Crippen molar-refractivity contribution in [1.29, 1.82) is 0 Å². The fourth-order valence-corrected chi connectivity index (χ4v) is 2.12. The third-order valence-electron chi connectivity index (χ3n) is 3.14. The monoisotopic (exact) mass is 284 g/mol. The van der Waals surface area contributed by atoms with Crippen LogP contribution in [0.2, 0.25) is 0 Å². The van der Waals surface area contributed by atoms with Gasteiger partial charge in [0.1, 0.15) is 12.4 Å². The van der Waals surface area contributed by atoms with Gasteiger partial charge in [0.25, 0.3) is 5.91 Å². The van der Waals surface area contributed by atoms with E-state index in [1.165, 1.54) is 0 Å². The minimum atomic E-state index is -0.142. The second-order valence-corrected chi connectivity index (χ2v) is 4.91. The van der Waals surface area contributed by atoms with Crippen LogP contribution in [0.5, 0.6) is 5.75 Å². The van der Waals surface area contributed by atoms with Crippen molar-refractivity contribution < 1.29 is 9.53 Å². The number of ether oxygens (including phenoxy) is 1. The maximum atomic E-state index is 12.4. The SMILES string of the molecule is Cc1ccc(C(=O)Nc2ccccc2OCCN)c(C)c1. The zero-order chi connectivity index (χ0) is 15.2. The van der Waals surface area contributed by atoms with Crippen molar-refractivity contribution in [2.75, 3.05) is 18.5 Å². The Balaban J connectivity index is 2.19. The molecule has 0 bridgehead atoms. The normalized spacial score (nSPS) is 10.2. The molecule has 0 saturated heterocycles. The molecule has 0 spiro atoms. The van der Waals surface area contributed by atoms with Gasteiger partial charge in [0, 0.05) is 12.1 Å². The van der Waals surface area contributed by atoms with Gasteiger partial charge in [-0.15, -0.1) is 0 Å². The number of aryl methyl sites for hydroxylation is 2.